The Hall–Kier alpha value is -2.08. The van der Waals surface area contributed by atoms with Gasteiger partial charge in [-0.15, -0.1) is 0 Å². The monoisotopic (exact) mass is 330 g/mol. The average Bonchev–Trinajstić information content (AvgIpc) is 3.12. The number of para-hydroxylation sites is 1. The van der Waals surface area contributed by atoms with Crippen molar-refractivity contribution < 1.29 is 9.59 Å². The standard InChI is InChI=1S/C18H26N4O2/c1-2-20-11-13-21(14-12-20)17(23)16-9-6-10-22(16)18(24)19-15-7-4-3-5-8-15/h3-5,7-8,16H,2,6,9-14H2,1H3,(H,19,24)/t16-/m0/s1. The molecule has 0 radical (unpaired) electrons. The topological polar surface area (TPSA) is 55.9 Å². The first-order valence-electron chi connectivity index (χ1n) is 8.83. The molecule has 6 heteroatoms. The molecule has 3 rings (SSSR count). The second-order valence-electron chi connectivity index (χ2n) is 6.41. The molecule has 1 atom stereocenters. The molecule has 2 fully saturated rings. The van der Waals surface area contributed by atoms with Crippen molar-refractivity contribution in [3.05, 3.63) is 30.3 Å². The van der Waals surface area contributed by atoms with Crippen molar-refractivity contribution in [1.82, 2.24) is 14.7 Å². The SMILES string of the molecule is CCN1CCN(C(=O)[C@@H]2CCCN2C(=O)Nc2ccccc2)CC1. The van der Waals surface area contributed by atoms with E-state index >= 15 is 0 Å². The van der Waals surface area contributed by atoms with E-state index in [0.717, 1.165) is 51.3 Å². The molecule has 6 nitrogen and oxygen atoms in total. The molecule has 1 aromatic carbocycles. The maximum absolute atomic E-state index is 12.8. The quantitative estimate of drug-likeness (QED) is 0.920. The number of nitrogens with one attached hydrogen (secondary N) is 1. The minimum atomic E-state index is -0.318. The first-order valence-corrected chi connectivity index (χ1v) is 8.83. The zero-order valence-electron chi connectivity index (χ0n) is 14.3. The zero-order valence-corrected chi connectivity index (χ0v) is 14.3. The average molecular weight is 330 g/mol. The molecule has 2 aliphatic rings. The lowest BCUT2D eigenvalue weighted by molar-refractivity contribution is -0.136. The van der Waals surface area contributed by atoms with Gasteiger partial charge in [-0.25, -0.2) is 4.79 Å². The van der Waals surface area contributed by atoms with E-state index in [1.54, 1.807) is 4.90 Å². The number of benzene rings is 1. The number of hydrogen-bond donors (Lipinski definition) is 1. The van der Waals surface area contributed by atoms with E-state index in [1.165, 1.54) is 0 Å². The fourth-order valence-corrected chi connectivity index (χ4v) is 3.48. The molecular weight excluding hydrogens is 304 g/mol. The number of carbonyl (C=O) groups is 2. The summed E-state index contributed by atoms with van der Waals surface area (Å²) in [7, 11) is 0. The van der Waals surface area contributed by atoms with E-state index in [4.69, 9.17) is 0 Å². The number of nitrogens with zero attached hydrogens (tertiary/aromatic N) is 3. The molecule has 1 aromatic rings. The summed E-state index contributed by atoms with van der Waals surface area (Å²) in [6.07, 6.45) is 1.64. The molecule has 24 heavy (non-hydrogen) atoms. The van der Waals surface area contributed by atoms with Crippen molar-refractivity contribution in [3.63, 3.8) is 0 Å². The molecular formula is C18H26N4O2. The van der Waals surface area contributed by atoms with Crippen LogP contribution in [-0.2, 0) is 4.79 Å². The van der Waals surface area contributed by atoms with Gasteiger partial charge in [0, 0.05) is 38.4 Å². The van der Waals surface area contributed by atoms with E-state index < -0.39 is 0 Å². The lowest BCUT2D eigenvalue weighted by atomic mass is 10.1. The van der Waals surface area contributed by atoms with Crippen LogP contribution in [0.15, 0.2) is 30.3 Å². The van der Waals surface area contributed by atoms with Gasteiger partial charge in [0.05, 0.1) is 0 Å². The Bertz CT molecular complexity index is 570. The third-order valence-corrected chi connectivity index (χ3v) is 4.95. The van der Waals surface area contributed by atoms with Crippen LogP contribution in [0.1, 0.15) is 19.8 Å². The van der Waals surface area contributed by atoms with Gasteiger partial charge in [0.25, 0.3) is 0 Å². The summed E-state index contributed by atoms with van der Waals surface area (Å²) in [6.45, 7) is 7.18. The van der Waals surface area contributed by atoms with E-state index in [9.17, 15) is 9.59 Å². The lowest BCUT2D eigenvalue weighted by Crippen LogP contribution is -2.54. The lowest BCUT2D eigenvalue weighted by Gasteiger charge is -2.36. The van der Waals surface area contributed by atoms with Gasteiger partial charge in [-0.1, -0.05) is 25.1 Å². The number of piperazine rings is 1. The smallest absolute Gasteiger partial charge is 0.322 e. The number of urea groups is 1. The third kappa shape index (κ3) is 3.70. The van der Waals surface area contributed by atoms with E-state index in [1.807, 2.05) is 35.2 Å². The molecule has 0 bridgehead atoms. The highest BCUT2D eigenvalue weighted by molar-refractivity contribution is 5.94. The molecule has 0 spiro atoms. The number of anilines is 1. The molecule has 2 heterocycles. The van der Waals surface area contributed by atoms with Crippen molar-refractivity contribution in [2.75, 3.05) is 44.6 Å². The highest BCUT2D eigenvalue weighted by atomic mass is 16.2. The van der Waals surface area contributed by atoms with Crippen LogP contribution in [0.25, 0.3) is 0 Å². The molecule has 3 amide bonds. The number of likely N-dealkylation sites (tertiary alicyclic amines) is 1. The minimum Gasteiger partial charge on any atom is -0.338 e. The fourth-order valence-electron chi connectivity index (χ4n) is 3.48. The van der Waals surface area contributed by atoms with Gasteiger partial charge >= 0.3 is 6.03 Å². The van der Waals surface area contributed by atoms with Crippen LogP contribution in [0, 0.1) is 0 Å². The van der Waals surface area contributed by atoms with Crippen LogP contribution >= 0.6 is 0 Å². The summed E-state index contributed by atoms with van der Waals surface area (Å²) in [5, 5.41) is 2.90. The summed E-state index contributed by atoms with van der Waals surface area (Å²) in [5.41, 5.74) is 0.761. The van der Waals surface area contributed by atoms with Gasteiger partial charge in [-0.3, -0.25) is 4.79 Å². The van der Waals surface area contributed by atoms with Gasteiger partial charge < -0.3 is 20.0 Å². The van der Waals surface area contributed by atoms with Crippen molar-refractivity contribution in [1.29, 1.82) is 0 Å². The molecule has 1 N–H and O–H groups in total. The summed E-state index contributed by atoms with van der Waals surface area (Å²) >= 11 is 0. The summed E-state index contributed by atoms with van der Waals surface area (Å²) in [5.74, 6) is 0.103. The summed E-state index contributed by atoms with van der Waals surface area (Å²) < 4.78 is 0. The third-order valence-electron chi connectivity index (χ3n) is 4.95. The number of amides is 3. The first kappa shape index (κ1) is 16.8. The van der Waals surface area contributed by atoms with Crippen LogP contribution in [0.2, 0.25) is 0 Å². The van der Waals surface area contributed by atoms with Crippen molar-refractivity contribution in [2.45, 2.75) is 25.8 Å². The van der Waals surface area contributed by atoms with Crippen LogP contribution in [0.5, 0.6) is 0 Å². The molecule has 0 unspecified atom stereocenters. The van der Waals surface area contributed by atoms with Crippen molar-refractivity contribution >= 4 is 17.6 Å². The summed E-state index contributed by atoms with van der Waals surface area (Å²) in [6, 6.07) is 8.90. The molecule has 0 saturated carbocycles. The van der Waals surface area contributed by atoms with Crippen LogP contribution < -0.4 is 5.32 Å². The van der Waals surface area contributed by atoms with Crippen LogP contribution in [0.4, 0.5) is 10.5 Å². The Morgan fingerprint density at radius 2 is 1.79 bits per heavy atom. The maximum atomic E-state index is 12.8. The van der Waals surface area contributed by atoms with Crippen LogP contribution in [0.3, 0.4) is 0 Å². The molecule has 2 aliphatic heterocycles. The molecule has 2 saturated heterocycles. The second-order valence-corrected chi connectivity index (χ2v) is 6.41. The number of carbonyl (C=O) groups excluding carboxylic acids is 2. The van der Waals surface area contributed by atoms with Crippen LogP contribution in [-0.4, -0.2) is 71.9 Å². The van der Waals surface area contributed by atoms with Gasteiger partial charge in [0.15, 0.2) is 0 Å². The second kappa shape index (κ2) is 7.66. The Kier molecular flexibility index (Phi) is 5.35. The molecule has 0 aromatic heterocycles. The Balaban J connectivity index is 1.60. The Labute approximate surface area is 143 Å². The van der Waals surface area contributed by atoms with E-state index in [-0.39, 0.29) is 18.0 Å². The van der Waals surface area contributed by atoms with Gasteiger partial charge in [-0.2, -0.15) is 0 Å². The molecule has 130 valence electrons. The predicted molar refractivity (Wildman–Crippen MR) is 93.9 cm³/mol. The highest BCUT2D eigenvalue weighted by Crippen LogP contribution is 2.21. The van der Waals surface area contributed by atoms with Crippen molar-refractivity contribution in [2.24, 2.45) is 0 Å². The van der Waals surface area contributed by atoms with Gasteiger partial charge in [0.2, 0.25) is 5.91 Å². The predicted octanol–water partition coefficient (Wildman–Crippen LogP) is 1.85. The Morgan fingerprint density at radius 3 is 2.46 bits per heavy atom. The number of likely N-dealkylation sites (N-methyl/N-ethyl adjacent to an activating group) is 1. The zero-order chi connectivity index (χ0) is 16.9. The first-order chi connectivity index (χ1) is 11.7. The summed E-state index contributed by atoms with van der Waals surface area (Å²) in [4.78, 5) is 31.4. The van der Waals surface area contributed by atoms with E-state index in [2.05, 4.69) is 17.1 Å². The molecule has 0 aliphatic carbocycles. The normalized spacial score (nSPS) is 21.8. The van der Waals surface area contributed by atoms with E-state index in [0.29, 0.717) is 6.54 Å². The largest absolute Gasteiger partial charge is 0.338 e. The Morgan fingerprint density at radius 1 is 1.08 bits per heavy atom. The fraction of sp³-hybridized carbons (Fsp3) is 0.556. The van der Waals surface area contributed by atoms with Crippen molar-refractivity contribution in [3.8, 4) is 0 Å². The number of hydrogen-bond acceptors (Lipinski definition) is 3. The maximum Gasteiger partial charge on any atom is 0.322 e. The highest BCUT2D eigenvalue weighted by Gasteiger charge is 2.37. The minimum absolute atomic E-state index is 0.103. The van der Waals surface area contributed by atoms with Gasteiger partial charge in [-0.05, 0) is 31.5 Å². The number of rotatable bonds is 3. The van der Waals surface area contributed by atoms with Gasteiger partial charge in [0.1, 0.15) is 6.04 Å².